The third-order valence-corrected chi connectivity index (χ3v) is 5.53. The van der Waals surface area contributed by atoms with E-state index in [0.29, 0.717) is 54.7 Å². The Labute approximate surface area is 181 Å². The highest BCUT2D eigenvalue weighted by Crippen LogP contribution is 2.36. The summed E-state index contributed by atoms with van der Waals surface area (Å²) in [6.45, 7) is 3.83. The van der Waals surface area contributed by atoms with E-state index in [1.807, 2.05) is 0 Å². The zero-order valence-electron chi connectivity index (χ0n) is 17.0. The summed E-state index contributed by atoms with van der Waals surface area (Å²) in [6.07, 6.45) is 0. The van der Waals surface area contributed by atoms with Gasteiger partial charge in [0.05, 0.1) is 42.0 Å². The second kappa shape index (κ2) is 7.83. The van der Waals surface area contributed by atoms with E-state index in [4.69, 9.17) is 14.5 Å². The van der Waals surface area contributed by atoms with E-state index in [2.05, 4.69) is 20.2 Å². The average Bonchev–Trinajstić information content (AvgIpc) is 2.78. The molecule has 2 atom stereocenters. The summed E-state index contributed by atoms with van der Waals surface area (Å²) in [5.74, 6) is -1.91. The van der Waals surface area contributed by atoms with E-state index < -0.39 is 29.5 Å². The fourth-order valence-electron chi connectivity index (χ4n) is 4.01. The number of aromatic nitrogens is 3. The molecule has 0 unspecified atom stereocenters. The zero-order valence-corrected chi connectivity index (χ0v) is 17.0. The number of pyridine rings is 1. The lowest BCUT2D eigenvalue weighted by molar-refractivity contribution is 0.0684. The first-order valence-electron chi connectivity index (χ1n) is 10.1. The SMILES string of the molecule is C[C@@H](Nc1ccc(F)nc1C(=O)O)c1cc(F)cc2nc3c(nc12)N1CCOC[C@H]1CO3. The number of benzene rings is 1. The third-order valence-electron chi connectivity index (χ3n) is 5.53. The monoisotopic (exact) mass is 443 g/mol. The quantitative estimate of drug-likeness (QED) is 0.588. The van der Waals surface area contributed by atoms with Gasteiger partial charge in [0.25, 0.3) is 5.88 Å². The number of carbonyl (C=O) groups is 1. The molecule has 0 saturated carbocycles. The van der Waals surface area contributed by atoms with E-state index >= 15 is 0 Å². The Balaban J connectivity index is 1.57. The highest BCUT2D eigenvalue weighted by Gasteiger charge is 2.33. The number of hydrogen-bond acceptors (Lipinski definition) is 8. The fourth-order valence-corrected chi connectivity index (χ4v) is 4.01. The van der Waals surface area contributed by atoms with Crippen LogP contribution in [0.3, 0.4) is 0 Å². The molecule has 1 saturated heterocycles. The van der Waals surface area contributed by atoms with Crippen molar-refractivity contribution < 1.29 is 28.2 Å². The van der Waals surface area contributed by atoms with E-state index in [1.165, 1.54) is 18.2 Å². The lowest BCUT2D eigenvalue weighted by Gasteiger charge is -2.39. The molecule has 0 aliphatic carbocycles. The van der Waals surface area contributed by atoms with Crippen LogP contribution in [0.2, 0.25) is 0 Å². The number of anilines is 2. The Morgan fingerprint density at radius 2 is 2.09 bits per heavy atom. The van der Waals surface area contributed by atoms with Crippen molar-refractivity contribution in [3.8, 4) is 5.88 Å². The summed E-state index contributed by atoms with van der Waals surface area (Å²) in [4.78, 5) is 26.2. The number of ether oxygens (including phenoxy) is 2. The first-order chi connectivity index (χ1) is 15.4. The maximum absolute atomic E-state index is 14.4. The van der Waals surface area contributed by atoms with Gasteiger partial charge in [-0.1, -0.05) is 0 Å². The number of halogens is 2. The normalized spacial score (nSPS) is 18.5. The second-order valence-corrected chi connectivity index (χ2v) is 7.65. The van der Waals surface area contributed by atoms with Gasteiger partial charge in [-0.25, -0.2) is 24.1 Å². The number of rotatable bonds is 4. The lowest BCUT2D eigenvalue weighted by atomic mass is 10.0. The van der Waals surface area contributed by atoms with Crippen LogP contribution < -0.4 is 15.0 Å². The summed E-state index contributed by atoms with van der Waals surface area (Å²) in [5.41, 5.74) is 0.867. The number of fused-ring (bicyclic) bond motifs is 4. The van der Waals surface area contributed by atoms with Gasteiger partial charge in [0, 0.05) is 18.2 Å². The highest BCUT2D eigenvalue weighted by atomic mass is 19.1. The molecule has 9 nitrogen and oxygen atoms in total. The summed E-state index contributed by atoms with van der Waals surface area (Å²) in [6, 6.07) is 4.36. The Hall–Kier alpha value is -3.60. The van der Waals surface area contributed by atoms with E-state index in [-0.39, 0.29) is 11.7 Å². The number of carboxylic acids is 1. The van der Waals surface area contributed by atoms with Gasteiger partial charge in [-0.15, -0.1) is 0 Å². The second-order valence-electron chi connectivity index (χ2n) is 7.65. The molecule has 11 heteroatoms. The van der Waals surface area contributed by atoms with Gasteiger partial charge in [-0.05, 0) is 25.1 Å². The van der Waals surface area contributed by atoms with Gasteiger partial charge in [0.2, 0.25) is 5.95 Å². The minimum atomic E-state index is -1.38. The van der Waals surface area contributed by atoms with Gasteiger partial charge in [-0.3, -0.25) is 0 Å². The van der Waals surface area contributed by atoms with Crippen LogP contribution in [-0.2, 0) is 4.74 Å². The lowest BCUT2D eigenvalue weighted by Crippen LogP contribution is -2.51. The van der Waals surface area contributed by atoms with Crippen LogP contribution >= 0.6 is 0 Å². The number of hydrogen-bond donors (Lipinski definition) is 2. The zero-order chi connectivity index (χ0) is 22.4. The smallest absolute Gasteiger partial charge is 0.356 e. The van der Waals surface area contributed by atoms with Crippen LogP contribution in [0.15, 0.2) is 24.3 Å². The molecule has 0 radical (unpaired) electrons. The molecule has 0 amide bonds. The van der Waals surface area contributed by atoms with Crippen molar-refractivity contribution in [3.05, 3.63) is 47.3 Å². The predicted molar refractivity (Wildman–Crippen MR) is 110 cm³/mol. The summed E-state index contributed by atoms with van der Waals surface area (Å²) in [7, 11) is 0. The molecule has 0 bridgehead atoms. The van der Waals surface area contributed by atoms with Crippen LogP contribution in [0.1, 0.15) is 29.0 Å². The van der Waals surface area contributed by atoms with Crippen LogP contribution in [0.25, 0.3) is 11.0 Å². The van der Waals surface area contributed by atoms with E-state index in [0.717, 1.165) is 6.07 Å². The van der Waals surface area contributed by atoms with Gasteiger partial charge in [0.15, 0.2) is 11.5 Å². The Morgan fingerprint density at radius 1 is 1.25 bits per heavy atom. The molecule has 2 aliphatic rings. The van der Waals surface area contributed by atoms with Crippen molar-refractivity contribution in [2.24, 2.45) is 0 Å². The molecule has 3 aromatic rings. The molecule has 2 aliphatic heterocycles. The van der Waals surface area contributed by atoms with Gasteiger partial charge < -0.3 is 24.8 Å². The average molecular weight is 443 g/mol. The molecule has 32 heavy (non-hydrogen) atoms. The Bertz CT molecular complexity index is 1220. The maximum Gasteiger partial charge on any atom is 0.356 e. The van der Waals surface area contributed by atoms with E-state index in [1.54, 1.807) is 6.92 Å². The summed E-state index contributed by atoms with van der Waals surface area (Å²) < 4.78 is 39.1. The molecule has 1 fully saturated rings. The largest absolute Gasteiger partial charge is 0.476 e. The predicted octanol–water partition coefficient (Wildman–Crippen LogP) is 2.77. The van der Waals surface area contributed by atoms with Crippen LogP contribution in [-0.4, -0.2) is 58.4 Å². The molecule has 1 aromatic carbocycles. The summed E-state index contributed by atoms with van der Waals surface area (Å²) >= 11 is 0. The number of nitrogens with one attached hydrogen (secondary N) is 1. The number of carboxylic acid groups (broad SMARTS) is 1. The van der Waals surface area contributed by atoms with Gasteiger partial charge >= 0.3 is 5.97 Å². The fraction of sp³-hybridized carbons (Fsp3) is 0.333. The number of aromatic carboxylic acids is 1. The molecule has 2 aromatic heterocycles. The first-order valence-corrected chi connectivity index (χ1v) is 10.1. The molecule has 4 heterocycles. The van der Waals surface area contributed by atoms with Crippen LogP contribution in [0.5, 0.6) is 5.88 Å². The van der Waals surface area contributed by atoms with Crippen molar-refractivity contribution >= 4 is 28.5 Å². The standard InChI is InChI=1S/C21H19F2N5O4/c1-10(24-14-2-3-16(23)26-18(14)21(29)30)13-6-11(22)7-15-17(13)27-19-20(25-15)32-9-12-8-31-5-4-28(12)19/h2-3,6-7,10,12,24H,4-5,8-9H2,1H3,(H,29,30)/t10-,12+/m1/s1. The van der Waals surface area contributed by atoms with Crippen molar-refractivity contribution in [2.75, 3.05) is 36.6 Å². The van der Waals surface area contributed by atoms with Gasteiger partial charge in [0.1, 0.15) is 12.4 Å². The number of nitrogens with zero attached hydrogens (tertiary/aromatic N) is 4. The van der Waals surface area contributed by atoms with Crippen molar-refractivity contribution in [2.45, 2.75) is 19.0 Å². The summed E-state index contributed by atoms with van der Waals surface area (Å²) in [5, 5.41) is 12.3. The maximum atomic E-state index is 14.4. The van der Waals surface area contributed by atoms with Crippen LogP contribution in [0, 0.1) is 11.8 Å². The highest BCUT2D eigenvalue weighted by molar-refractivity contribution is 5.92. The number of morpholine rings is 1. The Morgan fingerprint density at radius 3 is 2.91 bits per heavy atom. The molecule has 166 valence electrons. The van der Waals surface area contributed by atoms with E-state index in [9.17, 15) is 18.7 Å². The first kappa shape index (κ1) is 20.3. The minimum Gasteiger partial charge on any atom is -0.476 e. The van der Waals surface area contributed by atoms with Gasteiger partial charge in [-0.2, -0.15) is 4.39 Å². The third kappa shape index (κ3) is 3.54. The molecular formula is C21H19F2N5O4. The van der Waals surface area contributed by atoms with Crippen molar-refractivity contribution in [3.63, 3.8) is 0 Å². The minimum absolute atomic E-state index is 0.0193. The molecule has 5 rings (SSSR count). The van der Waals surface area contributed by atoms with Crippen molar-refractivity contribution in [1.29, 1.82) is 0 Å². The molecular weight excluding hydrogens is 424 g/mol. The molecule has 2 N–H and O–H groups in total. The topological polar surface area (TPSA) is 110 Å². The van der Waals surface area contributed by atoms with Crippen molar-refractivity contribution in [1.82, 2.24) is 15.0 Å². The van der Waals surface area contributed by atoms with Crippen LogP contribution in [0.4, 0.5) is 20.3 Å². The Kier molecular flexibility index (Phi) is 4.97. The molecule has 0 spiro atoms.